The molecule has 5 heteroatoms. The number of aromatic nitrogens is 1. The summed E-state index contributed by atoms with van der Waals surface area (Å²) >= 11 is 1.54. The third kappa shape index (κ3) is 4.72. The van der Waals surface area contributed by atoms with E-state index in [0.717, 1.165) is 30.1 Å². The molecule has 0 bridgehead atoms. The van der Waals surface area contributed by atoms with Crippen molar-refractivity contribution in [1.29, 1.82) is 0 Å². The monoisotopic (exact) mass is 241 g/mol. The van der Waals surface area contributed by atoms with Gasteiger partial charge >= 0.3 is 0 Å². The van der Waals surface area contributed by atoms with E-state index in [-0.39, 0.29) is 5.91 Å². The summed E-state index contributed by atoms with van der Waals surface area (Å²) in [6.07, 6.45) is 1.44. The molecule has 90 valence electrons. The quantitative estimate of drug-likeness (QED) is 0.758. The van der Waals surface area contributed by atoms with Crippen LogP contribution in [-0.2, 0) is 11.2 Å². The molecule has 1 heterocycles. The predicted octanol–water partition coefficient (Wildman–Crippen LogP) is 1.06. The van der Waals surface area contributed by atoms with Crippen LogP contribution in [0.2, 0.25) is 0 Å². The van der Waals surface area contributed by atoms with Gasteiger partial charge in [0.1, 0.15) is 0 Å². The number of carbonyl (C=O) groups is 1. The lowest BCUT2D eigenvalue weighted by molar-refractivity contribution is -0.120. The topological polar surface area (TPSA) is 45.2 Å². The van der Waals surface area contributed by atoms with Gasteiger partial charge in [0.25, 0.3) is 0 Å². The van der Waals surface area contributed by atoms with Crippen molar-refractivity contribution >= 4 is 17.2 Å². The molecule has 1 aromatic heterocycles. The molecule has 0 saturated heterocycles. The van der Waals surface area contributed by atoms with Gasteiger partial charge in [-0.25, -0.2) is 4.98 Å². The number of hydrogen-bond donors (Lipinski definition) is 1. The van der Waals surface area contributed by atoms with Crippen LogP contribution in [0, 0.1) is 6.92 Å². The van der Waals surface area contributed by atoms with E-state index >= 15 is 0 Å². The maximum atomic E-state index is 11.6. The molecule has 0 aromatic carbocycles. The molecule has 0 unspecified atom stereocenters. The lowest BCUT2D eigenvalue weighted by Gasteiger charge is -2.09. The lowest BCUT2D eigenvalue weighted by Crippen LogP contribution is -2.28. The SMILES string of the molecule is Cc1ncsc1CC(=O)NCCCN(C)C. The van der Waals surface area contributed by atoms with Crippen LogP contribution in [0.1, 0.15) is 17.0 Å². The van der Waals surface area contributed by atoms with Crippen molar-refractivity contribution in [3.8, 4) is 0 Å². The highest BCUT2D eigenvalue weighted by Crippen LogP contribution is 2.12. The van der Waals surface area contributed by atoms with Gasteiger partial charge in [-0.05, 0) is 34.0 Å². The van der Waals surface area contributed by atoms with Gasteiger partial charge in [0, 0.05) is 11.4 Å². The maximum absolute atomic E-state index is 11.6. The Bertz CT molecular complexity index is 336. The smallest absolute Gasteiger partial charge is 0.225 e. The van der Waals surface area contributed by atoms with Crippen molar-refractivity contribution in [2.75, 3.05) is 27.2 Å². The summed E-state index contributed by atoms with van der Waals surface area (Å²) in [5, 5.41) is 2.92. The van der Waals surface area contributed by atoms with Gasteiger partial charge in [-0.2, -0.15) is 0 Å². The fourth-order valence-electron chi connectivity index (χ4n) is 1.33. The number of carbonyl (C=O) groups excluding carboxylic acids is 1. The number of rotatable bonds is 6. The van der Waals surface area contributed by atoms with Crippen LogP contribution in [0.15, 0.2) is 5.51 Å². The Kier molecular flexibility index (Phi) is 5.42. The number of hydrogen-bond acceptors (Lipinski definition) is 4. The van der Waals surface area contributed by atoms with Crippen molar-refractivity contribution < 1.29 is 4.79 Å². The summed E-state index contributed by atoms with van der Waals surface area (Å²) < 4.78 is 0. The van der Waals surface area contributed by atoms with Crippen LogP contribution in [0.25, 0.3) is 0 Å². The predicted molar refractivity (Wildman–Crippen MR) is 66.7 cm³/mol. The zero-order valence-electron chi connectivity index (χ0n) is 10.1. The average molecular weight is 241 g/mol. The minimum atomic E-state index is 0.0890. The van der Waals surface area contributed by atoms with E-state index in [1.54, 1.807) is 16.8 Å². The van der Waals surface area contributed by atoms with Crippen LogP contribution in [0.5, 0.6) is 0 Å². The summed E-state index contributed by atoms with van der Waals surface area (Å²) in [5.41, 5.74) is 2.75. The van der Waals surface area contributed by atoms with Crippen LogP contribution in [-0.4, -0.2) is 43.0 Å². The van der Waals surface area contributed by atoms with Crippen molar-refractivity contribution in [1.82, 2.24) is 15.2 Å². The van der Waals surface area contributed by atoms with Crippen molar-refractivity contribution in [3.63, 3.8) is 0 Å². The van der Waals surface area contributed by atoms with Gasteiger partial charge in [-0.3, -0.25) is 4.79 Å². The minimum absolute atomic E-state index is 0.0890. The molecule has 0 spiro atoms. The minimum Gasteiger partial charge on any atom is -0.356 e. The van der Waals surface area contributed by atoms with Gasteiger partial charge in [0.2, 0.25) is 5.91 Å². The van der Waals surface area contributed by atoms with E-state index in [1.165, 1.54) is 0 Å². The number of nitrogens with one attached hydrogen (secondary N) is 1. The number of amides is 1. The van der Waals surface area contributed by atoms with E-state index in [4.69, 9.17) is 0 Å². The van der Waals surface area contributed by atoms with Gasteiger partial charge in [0.05, 0.1) is 17.6 Å². The van der Waals surface area contributed by atoms with Crippen molar-refractivity contribution in [2.45, 2.75) is 19.8 Å². The third-order valence-corrected chi connectivity index (χ3v) is 3.21. The Hall–Kier alpha value is -0.940. The fourth-order valence-corrected chi connectivity index (χ4v) is 2.10. The fraction of sp³-hybridized carbons (Fsp3) is 0.636. The largest absolute Gasteiger partial charge is 0.356 e. The van der Waals surface area contributed by atoms with E-state index < -0.39 is 0 Å². The highest BCUT2D eigenvalue weighted by molar-refractivity contribution is 7.09. The summed E-state index contributed by atoms with van der Waals surface area (Å²) in [7, 11) is 4.06. The molecule has 0 radical (unpaired) electrons. The Labute approximate surface area is 101 Å². The van der Waals surface area contributed by atoms with E-state index in [0.29, 0.717) is 6.42 Å². The highest BCUT2D eigenvalue weighted by Gasteiger charge is 2.07. The van der Waals surface area contributed by atoms with Gasteiger partial charge < -0.3 is 10.2 Å². The summed E-state index contributed by atoms with van der Waals surface area (Å²) in [6.45, 7) is 3.68. The molecular formula is C11H19N3OS. The Morgan fingerprint density at radius 3 is 2.88 bits per heavy atom. The first-order chi connectivity index (χ1) is 7.59. The third-order valence-electron chi connectivity index (χ3n) is 2.27. The molecular weight excluding hydrogens is 222 g/mol. The first-order valence-electron chi connectivity index (χ1n) is 5.40. The van der Waals surface area contributed by atoms with Crippen LogP contribution in [0.3, 0.4) is 0 Å². The zero-order chi connectivity index (χ0) is 12.0. The first kappa shape index (κ1) is 13.1. The molecule has 1 amide bonds. The lowest BCUT2D eigenvalue weighted by atomic mass is 10.3. The molecule has 16 heavy (non-hydrogen) atoms. The van der Waals surface area contributed by atoms with Crippen LogP contribution in [0.4, 0.5) is 0 Å². The van der Waals surface area contributed by atoms with E-state index in [9.17, 15) is 4.79 Å². The number of nitrogens with zero attached hydrogens (tertiary/aromatic N) is 2. The van der Waals surface area contributed by atoms with E-state index in [2.05, 4.69) is 15.2 Å². The Balaban J connectivity index is 2.19. The second-order valence-electron chi connectivity index (χ2n) is 4.04. The number of aryl methyl sites for hydroxylation is 1. The maximum Gasteiger partial charge on any atom is 0.225 e. The second-order valence-corrected chi connectivity index (χ2v) is 4.98. The molecule has 1 aromatic rings. The molecule has 1 rings (SSSR count). The Morgan fingerprint density at radius 2 is 2.31 bits per heavy atom. The van der Waals surface area contributed by atoms with Gasteiger partial charge in [-0.1, -0.05) is 0 Å². The first-order valence-corrected chi connectivity index (χ1v) is 6.28. The van der Waals surface area contributed by atoms with E-state index in [1.807, 2.05) is 21.0 Å². The second kappa shape index (κ2) is 6.60. The molecule has 0 atom stereocenters. The average Bonchev–Trinajstić information content (AvgIpc) is 2.59. The molecule has 1 N–H and O–H groups in total. The summed E-state index contributed by atoms with van der Waals surface area (Å²) in [5.74, 6) is 0.0890. The van der Waals surface area contributed by atoms with Crippen molar-refractivity contribution in [2.24, 2.45) is 0 Å². The van der Waals surface area contributed by atoms with Gasteiger partial charge in [0.15, 0.2) is 0 Å². The van der Waals surface area contributed by atoms with Crippen LogP contribution >= 0.6 is 11.3 Å². The molecule has 0 aliphatic heterocycles. The molecule has 0 aliphatic rings. The highest BCUT2D eigenvalue weighted by atomic mass is 32.1. The zero-order valence-corrected chi connectivity index (χ0v) is 10.9. The molecule has 0 saturated carbocycles. The normalized spacial score (nSPS) is 10.8. The standard InChI is InChI=1S/C11H19N3OS/c1-9-10(16-8-13-9)7-11(15)12-5-4-6-14(2)3/h8H,4-7H2,1-3H3,(H,12,15). The molecule has 4 nitrogen and oxygen atoms in total. The summed E-state index contributed by atoms with van der Waals surface area (Å²) in [4.78, 5) is 18.9. The molecule has 0 aliphatic carbocycles. The summed E-state index contributed by atoms with van der Waals surface area (Å²) in [6, 6.07) is 0. The van der Waals surface area contributed by atoms with Crippen molar-refractivity contribution in [3.05, 3.63) is 16.1 Å². The molecule has 0 fully saturated rings. The number of thiazole rings is 1. The Morgan fingerprint density at radius 1 is 1.56 bits per heavy atom. The van der Waals surface area contributed by atoms with Crippen LogP contribution < -0.4 is 5.32 Å². The van der Waals surface area contributed by atoms with Gasteiger partial charge in [-0.15, -0.1) is 11.3 Å².